The zero-order valence-electron chi connectivity index (χ0n) is 15.5. The summed E-state index contributed by atoms with van der Waals surface area (Å²) in [5.41, 5.74) is 4.46. The van der Waals surface area contributed by atoms with Crippen LogP contribution in [0.4, 0.5) is 5.69 Å². The molecule has 0 saturated heterocycles. The lowest BCUT2D eigenvalue weighted by Gasteiger charge is -2.21. The lowest BCUT2D eigenvalue weighted by molar-refractivity contribution is -0.119. The second kappa shape index (κ2) is 9.18. The molecule has 8 heteroatoms. The quantitative estimate of drug-likeness (QED) is 0.554. The van der Waals surface area contributed by atoms with Crippen molar-refractivity contribution in [2.45, 2.75) is 13.8 Å². The van der Waals surface area contributed by atoms with E-state index in [-0.39, 0.29) is 6.54 Å². The molecule has 144 valence electrons. The first-order valence-electron chi connectivity index (χ1n) is 8.38. The smallest absolute Gasteiger partial charge is 0.260 e. The topological polar surface area (TPSA) is 88.1 Å². The normalized spacial score (nSPS) is 11.4. The van der Waals surface area contributed by atoms with Crippen LogP contribution >= 0.6 is 0 Å². The molecule has 1 amide bonds. The van der Waals surface area contributed by atoms with E-state index in [1.54, 1.807) is 42.5 Å². The monoisotopic (exact) mass is 389 g/mol. The number of nitrogens with zero attached hydrogens (tertiary/aromatic N) is 2. The van der Waals surface area contributed by atoms with E-state index in [9.17, 15) is 13.2 Å². The standard InChI is InChI=1S/C19H23N3O4S/c1-4-26-18-10-8-16(9-11-18)13-20-21-19(23)14-22(27(3,24)25)17-7-5-6-15(2)12-17/h5-13H,4,14H2,1-3H3,(H,21,23)/b20-13-. The molecule has 27 heavy (non-hydrogen) atoms. The van der Waals surface area contributed by atoms with Gasteiger partial charge >= 0.3 is 0 Å². The van der Waals surface area contributed by atoms with Gasteiger partial charge in [-0.1, -0.05) is 12.1 Å². The van der Waals surface area contributed by atoms with Crippen molar-refractivity contribution in [3.05, 3.63) is 59.7 Å². The molecule has 0 bridgehead atoms. The number of carbonyl (C=O) groups excluding carboxylic acids is 1. The molecular weight excluding hydrogens is 366 g/mol. The van der Waals surface area contributed by atoms with Crippen molar-refractivity contribution in [2.75, 3.05) is 23.7 Å². The van der Waals surface area contributed by atoms with Crippen molar-refractivity contribution in [2.24, 2.45) is 5.10 Å². The molecule has 0 radical (unpaired) electrons. The van der Waals surface area contributed by atoms with Crippen LogP contribution < -0.4 is 14.5 Å². The van der Waals surface area contributed by atoms with E-state index in [1.807, 2.05) is 19.9 Å². The van der Waals surface area contributed by atoms with Gasteiger partial charge < -0.3 is 4.74 Å². The second-order valence-electron chi connectivity index (χ2n) is 5.90. The first kappa shape index (κ1) is 20.4. The van der Waals surface area contributed by atoms with Crippen molar-refractivity contribution in [3.63, 3.8) is 0 Å². The number of hydrazone groups is 1. The Labute approximate surface area is 159 Å². The third-order valence-electron chi connectivity index (χ3n) is 3.57. The van der Waals surface area contributed by atoms with Crippen LogP contribution in [0.2, 0.25) is 0 Å². The molecule has 0 atom stereocenters. The van der Waals surface area contributed by atoms with E-state index in [0.29, 0.717) is 12.3 Å². The van der Waals surface area contributed by atoms with Crippen molar-refractivity contribution in [1.82, 2.24) is 5.43 Å². The van der Waals surface area contributed by atoms with E-state index in [1.165, 1.54) is 6.21 Å². The second-order valence-corrected chi connectivity index (χ2v) is 7.81. The molecule has 0 aliphatic heterocycles. The predicted octanol–water partition coefficient (Wildman–Crippen LogP) is 2.31. The van der Waals surface area contributed by atoms with Gasteiger partial charge in [0.2, 0.25) is 10.0 Å². The molecule has 0 aliphatic carbocycles. The average molecular weight is 389 g/mol. The molecule has 2 aromatic rings. The Kier molecular flexibility index (Phi) is 6.95. The molecule has 0 aliphatic rings. The summed E-state index contributed by atoms with van der Waals surface area (Å²) in [4.78, 5) is 12.1. The highest BCUT2D eigenvalue weighted by atomic mass is 32.2. The fourth-order valence-electron chi connectivity index (χ4n) is 2.34. The SMILES string of the molecule is CCOc1ccc(/C=N\NC(=O)CN(c2cccc(C)c2)S(C)(=O)=O)cc1. The number of hydrogen-bond acceptors (Lipinski definition) is 5. The third-order valence-corrected chi connectivity index (χ3v) is 4.71. The molecule has 0 spiro atoms. The summed E-state index contributed by atoms with van der Waals surface area (Å²) in [6, 6.07) is 14.1. The first-order valence-corrected chi connectivity index (χ1v) is 10.2. The molecule has 0 unspecified atom stereocenters. The number of amides is 1. The van der Waals surface area contributed by atoms with E-state index >= 15 is 0 Å². The zero-order chi connectivity index (χ0) is 19.9. The van der Waals surface area contributed by atoms with Gasteiger partial charge in [0.1, 0.15) is 12.3 Å². The third kappa shape index (κ3) is 6.41. The number of sulfonamides is 1. The largest absolute Gasteiger partial charge is 0.494 e. The number of rotatable bonds is 8. The van der Waals surface area contributed by atoms with Gasteiger partial charge in [0, 0.05) is 0 Å². The highest BCUT2D eigenvalue weighted by molar-refractivity contribution is 7.92. The summed E-state index contributed by atoms with van der Waals surface area (Å²) in [6.45, 7) is 3.98. The number of benzene rings is 2. The van der Waals surface area contributed by atoms with Crippen molar-refractivity contribution >= 4 is 27.8 Å². The number of nitrogens with one attached hydrogen (secondary N) is 1. The summed E-state index contributed by atoms with van der Waals surface area (Å²) >= 11 is 0. The molecule has 0 heterocycles. The van der Waals surface area contributed by atoms with E-state index < -0.39 is 15.9 Å². The summed E-state index contributed by atoms with van der Waals surface area (Å²) in [5.74, 6) is 0.213. The zero-order valence-corrected chi connectivity index (χ0v) is 16.4. The number of ether oxygens (including phenoxy) is 1. The Bertz CT molecular complexity index is 909. The van der Waals surface area contributed by atoms with E-state index in [2.05, 4.69) is 10.5 Å². The summed E-state index contributed by atoms with van der Waals surface area (Å²) in [5, 5.41) is 3.88. The molecule has 7 nitrogen and oxygen atoms in total. The van der Waals surface area contributed by atoms with E-state index in [0.717, 1.165) is 27.4 Å². The molecule has 0 saturated carbocycles. The van der Waals surface area contributed by atoms with Crippen LogP contribution in [0.15, 0.2) is 53.6 Å². The Morgan fingerprint density at radius 2 is 1.93 bits per heavy atom. The minimum absolute atomic E-state index is 0.358. The lowest BCUT2D eigenvalue weighted by Crippen LogP contribution is -2.39. The van der Waals surface area contributed by atoms with Gasteiger partial charge in [0.25, 0.3) is 5.91 Å². The van der Waals surface area contributed by atoms with Crippen LogP contribution in [-0.2, 0) is 14.8 Å². The predicted molar refractivity (Wildman–Crippen MR) is 107 cm³/mol. The lowest BCUT2D eigenvalue weighted by atomic mass is 10.2. The van der Waals surface area contributed by atoms with Gasteiger partial charge in [-0.2, -0.15) is 5.10 Å². The van der Waals surface area contributed by atoms with Crippen molar-refractivity contribution in [1.29, 1.82) is 0 Å². The number of carbonyl (C=O) groups is 1. The highest BCUT2D eigenvalue weighted by Crippen LogP contribution is 2.18. The molecule has 0 fully saturated rings. The van der Waals surface area contributed by atoms with Gasteiger partial charge in [0.15, 0.2) is 0 Å². The molecule has 0 aromatic heterocycles. The molecule has 2 aromatic carbocycles. The van der Waals surface area contributed by atoms with Crippen LogP contribution in [0.1, 0.15) is 18.1 Å². The van der Waals surface area contributed by atoms with Gasteiger partial charge in [-0.3, -0.25) is 9.10 Å². The first-order chi connectivity index (χ1) is 12.8. The number of anilines is 1. The Hall–Kier alpha value is -2.87. The van der Waals surface area contributed by atoms with Crippen LogP contribution in [0.25, 0.3) is 0 Å². The average Bonchev–Trinajstić information content (AvgIpc) is 2.60. The number of hydrogen-bond donors (Lipinski definition) is 1. The van der Waals surface area contributed by atoms with Crippen LogP contribution in [0, 0.1) is 6.92 Å². The van der Waals surface area contributed by atoms with Gasteiger partial charge in [0.05, 0.1) is 24.8 Å². The molecular formula is C19H23N3O4S. The summed E-state index contributed by atoms with van der Waals surface area (Å²) in [7, 11) is -3.61. The minimum Gasteiger partial charge on any atom is -0.494 e. The summed E-state index contributed by atoms with van der Waals surface area (Å²) < 4.78 is 30.5. The van der Waals surface area contributed by atoms with E-state index in [4.69, 9.17) is 4.74 Å². The Morgan fingerprint density at radius 1 is 1.22 bits per heavy atom. The fourth-order valence-corrected chi connectivity index (χ4v) is 3.19. The van der Waals surface area contributed by atoms with Crippen LogP contribution in [0.3, 0.4) is 0 Å². The highest BCUT2D eigenvalue weighted by Gasteiger charge is 2.20. The maximum atomic E-state index is 12.1. The molecule has 1 N–H and O–H groups in total. The van der Waals surface area contributed by atoms with Crippen molar-refractivity contribution in [3.8, 4) is 5.75 Å². The Balaban J connectivity index is 2.01. The number of aryl methyl sites for hydroxylation is 1. The summed E-state index contributed by atoms with van der Waals surface area (Å²) in [6.07, 6.45) is 2.54. The van der Waals surface area contributed by atoms with Gasteiger partial charge in [-0.25, -0.2) is 13.8 Å². The van der Waals surface area contributed by atoms with Crippen molar-refractivity contribution < 1.29 is 17.9 Å². The Morgan fingerprint density at radius 3 is 2.52 bits per heavy atom. The van der Waals surface area contributed by atoms with Gasteiger partial charge in [-0.05, 0) is 61.4 Å². The van der Waals surface area contributed by atoms with Crippen LogP contribution in [0.5, 0.6) is 5.75 Å². The maximum Gasteiger partial charge on any atom is 0.260 e. The van der Waals surface area contributed by atoms with Gasteiger partial charge in [-0.15, -0.1) is 0 Å². The maximum absolute atomic E-state index is 12.1. The van der Waals surface area contributed by atoms with Crippen LogP contribution in [-0.4, -0.2) is 39.9 Å². The molecule has 2 rings (SSSR count). The fraction of sp³-hybridized carbons (Fsp3) is 0.263. The minimum atomic E-state index is -3.61.